The van der Waals surface area contributed by atoms with Crippen molar-refractivity contribution in [2.24, 2.45) is 0 Å². The number of nitrogens with zero attached hydrogens (tertiary/aromatic N) is 4. The molecule has 0 atom stereocenters. The van der Waals surface area contributed by atoms with Crippen LogP contribution in [0.5, 0.6) is 0 Å². The summed E-state index contributed by atoms with van der Waals surface area (Å²) in [5.41, 5.74) is 2.17. The fraction of sp³-hybridized carbons (Fsp3) is 0.524. The first-order valence-electron chi connectivity index (χ1n) is 9.98. The van der Waals surface area contributed by atoms with Crippen molar-refractivity contribution >= 4 is 5.91 Å². The van der Waals surface area contributed by atoms with E-state index in [1.807, 2.05) is 42.2 Å². The van der Waals surface area contributed by atoms with Crippen molar-refractivity contribution < 1.29 is 9.32 Å². The second kappa shape index (κ2) is 8.23. The van der Waals surface area contributed by atoms with Crippen molar-refractivity contribution in [3.05, 3.63) is 41.7 Å². The van der Waals surface area contributed by atoms with Crippen LogP contribution in [0.1, 0.15) is 29.0 Å². The van der Waals surface area contributed by atoms with Gasteiger partial charge < -0.3 is 14.3 Å². The molecule has 144 valence electrons. The van der Waals surface area contributed by atoms with Gasteiger partial charge in [-0.25, -0.2) is 0 Å². The smallest absolute Gasteiger partial charge is 0.259 e. The molecule has 6 heteroatoms. The van der Waals surface area contributed by atoms with Crippen LogP contribution in [0.25, 0.3) is 11.3 Å². The molecule has 2 saturated heterocycles. The summed E-state index contributed by atoms with van der Waals surface area (Å²) < 4.78 is 5.37. The van der Waals surface area contributed by atoms with Gasteiger partial charge in [0.05, 0.1) is 0 Å². The van der Waals surface area contributed by atoms with Gasteiger partial charge in [-0.05, 0) is 32.9 Å². The minimum atomic E-state index is 0.0341. The number of rotatable bonds is 5. The highest BCUT2D eigenvalue weighted by Crippen LogP contribution is 2.26. The number of aryl methyl sites for hydroxylation is 1. The van der Waals surface area contributed by atoms with E-state index < -0.39 is 0 Å². The molecule has 0 bridgehead atoms. The third kappa shape index (κ3) is 4.06. The zero-order valence-corrected chi connectivity index (χ0v) is 16.1. The van der Waals surface area contributed by atoms with E-state index in [2.05, 4.69) is 15.0 Å². The maximum absolute atomic E-state index is 13.1. The van der Waals surface area contributed by atoms with Gasteiger partial charge in [0.15, 0.2) is 0 Å². The van der Waals surface area contributed by atoms with Crippen LogP contribution < -0.4 is 0 Å². The Bertz CT molecular complexity index is 760. The fourth-order valence-electron chi connectivity index (χ4n) is 4.04. The Balaban J connectivity index is 1.38. The largest absolute Gasteiger partial charge is 0.360 e. The molecule has 1 aromatic heterocycles. The standard InChI is InChI=1S/C21H28N4O2/c1-17-19(20(22-27-17)18-7-3-2-4-8-18)21(26)25-15-13-24(14-16-25)12-11-23-9-5-6-10-23/h2-4,7-8H,5-6,9-16H2,1H3. The van der Waals surface area contributed by atoms with Gasteiger partial charge in [0.2, 0.25) is 0 Å². The van der Waals surface area contributed by atoms with Crippen LogP contribution in [-0.2, 0) is 0 Å². The quantitative estimate of drug-likeness (QED) is 0.812. The van der Waals surface area contributed by atoms with Crippen LogP contribution in [0, 0.1) is 6.92 Å². The van der Waals surface area contributed by atoms with Crippen molar-refractivity contribution in [3.8, 4) is 11.3 Å². The van der Waals surface area contributed by atoms with E-state index in [9.17, 15) is 4.79 Å². The molecule has 3 heterocycles. The van der Waals surface area contributed by atoms with Crippen LogP contribution in [0.3, 0.4) is 0 Å². The number of benzene rings is 1. The van der Waals surface area contributed by atoms with Crippen molar-refractivity contribution in [2.45, 2.75) is 19.8 Å². The summed E-state index contributed by atoms with van der Waals surface area (Å²) in [7, 11) is 0. The van der Waals surface area contributed by atoms with Crippen molar-refractivity contribution in [1.29, 1.82) is 0 Å². The number of aromatic nitrogens is 1. The molecule has 0 spiro atoms. The Morgan fingerprint density at radius 2 is 1.59 bits per heavy atom. The Morgan fingerprint density at radius 3 is 2.26 bits per heavy atom. The third-order valence-corrected chi connectivity index (χ3v) is 5.71. The molecule has 0 N–H and O–H groups in total. The van der Waals surface area contributed by atoms with Gasteiger partial charge >= 0.3 is 0 Å². The summed E-state index contributed by atoms with van der Waals surface area (Å²) in [6, 6.07) is 9.79. The highest BCUT2D eigenvalue weighted by molar-refractivity contribution is 6.00. The van der Waals surface area contributed by atoms with E-state index in [1.165, 1.54) is 25.9 Å². The van der Waals surface area contributed by atoms with E-state index in [0.29, 0.717) is 17.0 Å². The molecule has 0 radical (unpaired) electrons. The van der Waals surface area contributed by atoms with Gasteiger partial charge in [0.25, 0.3) is 5.91 Å². The van der Waals surface area contributed by atoms with Gasteiger partial charge in [0, 0.05) is 44.8 Å². The van der Waals surface area contributed by atoms with E-state index in [1.54, 1.807) is 0 Å². The van der Waals surface area contributed by atoms with Crippen LogP contribution in [-0.4, -0.2) is 78.1 Å². The molecule has 27 heavy (non-hydrogen) atoms. The lowest BCUT2D eigenvalue weighted by atomic mass is 10.0. The predicted molar refractivity (Wildman–Crippen MR) is 105 cm³/mol. The number of carbonyl (C=O) groups is 1. The molecular formula is C21H28N4O2. The van der Waals surface area contributed by atoms with Crippen molar-refractivity contribution in [1.82, 2.24) is 19.9 Å². The van der Waals surface area contributed by atoms with E-state index in [-0.39, 0.29) is 5.91 Å². The Labute approximate surface area is 160 Å². The van der Waals surface area contributed by atoms with Crippen molar-refractivity contribution in [3.63, 3.8) is 0 Å². The van der Waals surface area contributed by atoms with Gasteiger partial charge in [-0.3, -0.25) is 9.69 Å². The molecule has 2 fully saturated rings. The van der Waals surface area contributed by atoms with Gasteiger partial charge in [0.1, 0.15) is 17.0 Å². The molecule has 0 saturated carbocycles. The zero-order valence-electron chi connectivity index (χ0n) is 16.1. The second-order valence-electron chi connectivity index (χ2n) is 7.51. The van der Waals surface area contributed by atoms with Gasteiger partial charge in [-0.15, -0.1) is 0 Å². The normalized spacial score (nSPS) is 18.9. The monoisotopic (exact) mass is 368 g/mol. The summed E-state index contributed by atoms with van der Waals surface area (Å²) >= 11 is 0. The number of piperazine rings is 1. The topological polar surface area (TPSA) is 52.8 Å². The lowest BCUT2D eigenvalue weighted by Gasteiger charge is -2.35. The molecule has 2 aliphatic heterocycles. The van der Waals surface area contributed by atoms with Gasteiger partial charge in [-0.2, -0.15) is 0 Å². The van der Waals surface area contributed by atoms with E-state index in [0.717, 1.165) is 44.8 Å². The first-order valence-corrected chi connectivity index (χ1v) is 9.98. The molecule has 2 aliphatic rings. The van der Waals surface area contributed by atoms with Crippen LogP contribution in [0.4, 0.5) is 0 Å². The van der Waals surface area contributed by atoms with Gasteiger partial charge in [-0.1, -0.05) is 35.5 Å². The highest BCUT2D eigenvalue weighted by Gasteiger charge is 2.28. The molecule has 0 aliphatic carbocycles. The third-order valence-electron chi connectivity index (χ3n) is 5.71. The minimum absolute atomic E-state index is 0.0341. The number of amides is 1. The predicted octanol–water partition coefficient (Wildman–Crippen LogP) is 2.50. The maximum Gasteiger partial charge on any atom is 0.259 e. The average molecular weight is 368 g/mol. The molecule has 4 rings (SSSR count). The molecule has 6 nitrogen and oxygen atoms in total. The van der Waals surface area contributed by atoms with E-state index >= 15 is 0 Å². The summed E-state index contributed by atoms with van der Waals surface area (Å²) in [6.45, 7) is 9.95. The van der Waals surface area contributed by atoms with E-state index in [4.69, 9.17) is 4.52 Å². The number of likely N-dealkylation sites (tertiary alicyclic amines) is 1. The first-order chi connectivity index (χ1) is 13.2. The Hall–Kier alpha value is -2.18. The molecule has 1 aromatic carbocycles. The van der Waals surface area contributed by atoms with Crippen LogP contribution >= 0.6 is 0 Å². The summed E-state index contributed by atoms with van der Waals surface area (Å²) in [5.74, 6) is 0.627. The minimum Gasteiger partial charge on any atom is -0.360 e. The average Bonchev–Trinajstić information content (AvgIpc) is 3.36. The number of hydrogen-bond acceptors (Lipinski definition) is 5. The maximum atomic E-state index is 13.1. The molecule has 0 unspecified atom stereocenters. The second-order valence-corrected chi connectivity index (χ2v) is 7.51. The fourth-order valence-corrected chi connectivity index (χ4v) is 4.04. The highest BCUT2D eigenvalue weighted by atomic mass is 16.5. The first kappa shape index (κ1) is 18.2. The molecular weight excluding hydrogens is 340 g/mol. The molecule has 1 amide bonds. The lowest BCUT2D eigenvalue weighted by molar-refractivity contribution is 0.0625. The van der Waals surface area contributed by atoms with Crippen LogP contribution in [0.15, 0.2) is 34.9 Å². The summed E-state index contributed by atoms with van der Waals surface area (Å²) in [4.78, 5) is 20.1. The zero-order chi connectivity index (χ0) is 18.6. The Morgan fingerprint density at radius 1 is 0.963 bits per heavy atom. The SMILES string of the molecule is Cc1onc(-c2ccccc2)c1C(=O)N1CCN(CCN2CCCC2)CC1. The molecule has 2 aromatic rings. The number of carbonyl (C=O) groups excluding carboxylic acids is 1. The van der Waals surface area contributed by atoms with Crippen molar-refractivity contribution in [2.75, 3.05) is 52.4 Å². The summed E-state index contributed by atoms with van der Waals surface area (Å²) in [5, 5.41) is 4.15. The Kier molecular flexibility index (Phi) is 5.55. The lowest BCUT2D eigenvalue weighted by Crippen LogP contribution is -2.50. The summed E-state index contributed by atoms with van der Waals surface area (Å²) in [6.07, 6.45) is 2.67. The number of hydrogen-bond donors (Lipinski definition) is 0. The van der Waals surface area contributed by atoms with Crippen LogP contribution in [0.2, 0.25) is 0 Å².